The van der Waals surface area contributed by atoms with Gasteiger partial charge in [-0.3, -0.25) is 0 Å². The molecule has 0 aliphatic carbocycles. The van der Waals surface area contributed by atoms with Crippen molar-refractivity contribution < 1.29 is 9.47 Å². The molecule has 0 spiro atoms. The molecule has 0 radical (unpaired) electrons. The highest BCUT2D eigenvalue weighted by molar-refractivity contribution is 7.02. The Kier molecular flexibility index (Phi) is 11.7. The van der Waals surface area contributed by atoms with Crippen LogP contribution in [-0.2, 0) is 5.41 Å². The number of rotatable bonds is 9. The number of fused-ring (bicyclic) bond motifs is 10. The summed E-state index contributed by atoms with van der Waals surface area (Å²) in [5, 5.41) is 0. The minimum Gasteiger partial charge on any atom is -0.458 e. The third-order valence-corrected chi connectivity index (χ3v) is 19.0. The fourth-order valence-corrected chi connectivity index (χ4v) is 15.1. The number of nitrogens with zero attached hydrogens (tertiary/aromatic N) is 5. The fourth-order valence-electron chi connectivity index (χ4n) is 15.1. The SMILES string of the molecule is CC1(C)c2ccccc2N(c2ccccc2)c2cc3c(cc21)B1c2cc4c(cc2Oc2cc(N(c5ccccc5)c5ccccc5)cc(c21)O3)N(c1ccccc1)c1cc(N(c2ccccc2)c2ccccc2)cc2c1B4c1ccccc1N2c1ccccc1. The normalized spacial score (nSPS) is 13.8. The van der Waals surface area contributed by atoms with E-state index >= 15 is 0 Å². The molecule has 90 heavy (non-hydrogen) atoms. The third kappa shape index (κ3) is 7.95. The van der Waals surface area contributed by atoms with Crippen molar-refractivity contribution in [2.45, 2.75) is 19.3 Å². The van der Waals surface area contributed by atoms with E-state index in [1.807, 2.05) is 0 Å². The van der Waals surface area contributed by atoms with Crippen molar-refractivity contribution in [2.75, 3.05) is 24.5 Å². The molecule has 0 fully saturated rings. The lowest BCUT2D eigenvalue weighted by atomic mass is 9.30. The lowest BCUT2D eigenvalue weighted by Crippen LogP contribution is -2.64. The van der Waals surface area contributed by atoms with Gasteiger partial charge in [0.15, 0.2) is 0 Å². The van der Waals surface area contributed by atoms with Crippen LogP contribution in [0.4, 0.5) is 85.3 Å². The third-order valence-electron chi connectivity index (χ3n) is 19.0. The zero-order chi connectivity index (χ0) is 59.6. The molecular formula is C81H57B2N5O2. The lowest BCUT2D eigenvalue weighted by Gasteiger charge is -2.46. The molecule has 7 nitrogen and oxygen atoms in total. The van der Waals surface area contributed by atoms with Crippen molar-refractivity contribution in [2.24, 2.45) is 0 Å². The first-order chi connectivity index (χ1) is 44.4. The Morgan fingerprint density at radius 3 is 1.14 bits per heavy atom. The second-order valence-corrected chi connectivity index (χ2v) is 24.4. The minimum atomic E-state index is -0.378. The molecule has 0 N–H and O–H groups in total. The van der Waals surface area contributed by atoms with Gasteiger partial charge in [0.25, 0.3) is 13.4 Å². The van der Waals surface area contributed by atoms with Gasteiger partial charge in [0, 0.05) is 97.7 Å². The number of hydrogen-bond acceptors (Lipinski definition) is 7. The number of hydrogen-bond donors (Lipinski definition) is 0. The van der Waals surface area contributed by atoms with E-state index < -0.39 is 0 Å². The van der Waals surface area contributed by atoms with Gasteiger partial charge < -0.3 is 34.0 Å². The van der Waals surface area contributed by atoms with E-state index in [4.69, 9.17) is 9.47 Å². The van der Waals surface area contributed by atoms with E-state index in [1.54, 1.807) is 0 Å². The van der Waals surface area contributed by atoms with Crippen LogP contribution >= 0.6 is 0 Å². The van der Waals surface area contributed by atoms with Crippen LogP contribution in [0.2, 0.25) is 0 Å². The molecule has 18 rings (SSSR count). The second kappa shape index (κ2) is 20.3. The van der Waals surface area contributed by atoms with Crippen LogP contribution < -0.4 is 66.8 Å². The van der Waals surface area contributed by atoms with E-state index in [0.717, 1.165) is 125 Å². The van der Waals surface area contributed by atoms with Gasteiger partial charge in [-0.1, -0.05) is 190 Å². The van der Waals surface area contributed by atoms with Gasteiger partial charge in [0.2, 0.25) is 0 Å². The summed E-state index contributed by atoms with van der Waals surface area (Å²) in [7, 11) is 0. The Morgan fingerprint density at radius 1 is 0.267 bits per heavy atom. The van der Waals surface area contributed by atoms with Crippen molar-refractivity contribution in [1.29, 1.82) is 0 Å². The molecule has 424 valence electrons. The van der Waals surface area contributed by atoms with Crippen molar-refractivity contribution in [1.82, 2.24) is 0 Å². The quantitative estimate of drug-likeness (QED) is 0.133. The Bertz CT molecular complexity index is 4880. The largest absolute Gasteiger partial charge is 0.458 e. The van der Waals surface area contributed by atoms with E-state index in [0.29, 0.717) is 0 Å². The predicted octanol–water partition coefficient (Wildman–Crippen LogP) is 17.5. The molecule has 5 aliphatic rings. The molecule has 5 aliphatic heterocycles. The van der Waals surface area contributed by atoms with Crippen molar-refractivity contribution >= 4 is 132 Å². The Balaban J connectivity index is 0.921. The predicted molar refractivity (Wildman–Crippen MR) is 374 cm³/mol. The van der Waals surface area contributed by atoms with Gasteiger partial charge in [0.1, 0.15) is 23.0 Å². The fraction of sp³-hybridized carbons (Fsp3) is 0.0370. The van der Waals surface area contributed by atoms with Crippen molar-refractivity contribution in [3.8, 4) is 23.0 Å². The van der Waals surface area contributed by atoms with Crippen LogP contribution in [0, 0.1) is 0 Å². The average molecular weight is 1150 g/mol. The number of anilines is 15. The summed E-state index contributed by atoms with van der Waals surface area (Å²) in [4.78, 5) is 12.1. The number of para-hydroxylation sites is 9. The van der Waals surface area contributed by atoms with Crippen LogP contribution in [0.25, 0.3) is 0 Å². The lowest BCUT2D eigenvalue weighted by molar-refractivity contribution is 0.464. The first-order valence-electron chi connectivity index (χ1n) is 31.1. The molecule has 0 amide bonds. The highest BCUT2D eigenvalue weighted by atomic mass is 16.5. The van der Waals surface area contributed by atoms with E-state index in [9.17, 15) is 0 Å². The molecule has 13 aromatic rings. The smallest absolute Gasteiger partial charge is 0.260 e. The summed E-state index contributed by atoms with van der Waals surface area (Å²) in [6, 6.07) is 112. The molecule has 0 bridgehead atoms. The Labute approximate surface area is 525 Å². The van der Waals surface area contributed by atoms with Gasteiger partial charge in [-0.25, -0.2) is 0 Å². The maximum absolute atomic E-state index is 7.69. The van der Waals surface area contributed by atoms with Crippen LogP contribution in [0.3, 0.4) is 0 Å². The van der Waals surface area contributed by atoms with Crippen molar-refractivity contribution in [3.63, 3.8) is 0 Å². The summed E-state index contributed by atoms with van der Waals surface area (Å²) in [5.74, 6) is 3.13. The first-order valence-corrected chi connectivity index (χ1v) is 31.1. The summed E-state index contributed by atoms with van der Waals surface area (Å²) in [5.41, 5.74) is 25.0. The zero-order valence-electron chi connectivity index (χ0n) is 49.7. The molecule has 13 aromatic carbocycles. The molecule has 0 aromatic heterocycles. The molecule has 0 unspecified atom stereocenters. The van der Waals surface area contributed by atoms with E-state index in [-0.39, 0.29) is 18.8 Å². The maximum atomic E-state index is 7.69. The molecule has 0 atom stereocenters. The highest BCUT2D eigenvalue weighted by Crippen LogP contribution is 2.55. The van der Waals surface area contributed by atoms with Crippen LogP contribution in [0.5, 0.6) is 23.0 Å². The van der Waals surface area contributed by atoms with Crippen molar-refractivity contribution in [3.05, 3.63) is 321 Å². The summed E-state index contributed by atoms with van der Waals surface area (Å²) >= 11 is 0. The van der Waals surface area contributed by atoms with Gasteiger partial charge in [-0.2, -0.15) is 0 Å². The van der Waals surface area contributed by atoms with E-state index in [1.165, 1.54) is 27.5 Å². The topological polar surface area (TPSA) is 34.7 Å². The van der Waals surface area contributed by atoms with E-state index in [2.05, 4.69) is 348 Å². The average Bonchev–Trinajstić information content (AvgIpc) is 0.700. The van der Waals surface area contributed by atoms with Crippen LogP contribution in [-0.4, -0.2) is 13.4 Å². The summed E-state index contributed by atoms with van der Waals surface area (Å²) in [6.45, 7) is 4.28. The maximum Gasteiger partial charge on any atom is 0.260 e. The molecule has 9 heteroatoms. The number of benzene rings is 13. The summed E-state index contributed by atoms with van der Waals surface area (Å²) < 4.78 is 15.2. The van der Waals surface area contributed by atoms with Gasteiger partial charge in [0.05, 0.1) is 22.7 Å². The minimum absolute atomic E-state index is 0.186. The Hall–Kier alpha value is -11.4. The standard InChI is InChI=1S/C81H57B2N5O2/c1-81(2)63-42-24-26-44-69(63)86(58-36-18-7-19-37-58)71-52-75-67(50-64(71)81)83-68-51-66-72(53-76(68)90-78-49-62(48-77(89-75)80(78)83)85(56-32-14-5-15-33-56)57-34-16-6-17-35-57)88(60-40-22-9-23-41-60)74-47-61(84(54-28-10-3-11-29-54)55-30-12-4-13-31-55)46-73-79(74)82(66)65-43-25-27-45-70(65)87(73)59-38-20-8-21-39-59/h3-53H,1-2H3. The monoisotopic (exact) mass is 1150 g/mol. The Morgan fingerprint density at radius 2 is 0.644 bits per heavy atom. The molecule has 0 saturated heterocycles. The number of ether oxygens (including phenoxy) is 2. The molecule has 5 heterocycles. The molecule has 0 saturated carbocycles. The van der Waals surface area contributed by atoms with Crippen LogP contribution in [0.15, 0.2) is 309 Å². The van der Waals surface area contributed by atoms with Gasteiger partial charge in [-0.05, 0) is 148 Å². The summed E-state index contributed by atoms with van der Waals surface area (Å²) in [6.07, 6.45) is 0. The molecular weight excluding hydrogens is 1100 g/mol. The first kappa shape index (κ1) is 51.8. The highest BCUT2D eigenvalue weighted by Gasteiger charge is 2.49. The zero-order valence-corrected chi connectivity index (χ0v) is 49.7. The van der Waals surface area contributed by atoms with Gasteiger partial charge >= 0.3 is 0 Å². The second-order valence-electron chi connectivity index (χ2n) is 24.4. The van der Waals surface area contributed by atoms with Crippen LogP contribution in [0.1, 0.15) is 25.0 Å². The van der Waals surface area contributed by atoms with Gasteiger partial charge in [-0.15, -0.1) is 0 Å².